The lowest BCUT2D eigenvalue weighted by Gasteiger charge is -2.39. The van der Waals surface area contributed by atoms with Crippen molar-refractivity contribution in [2.24, 2.45) is 0 Å². The number of methoxy groups -OCH3 is 1. The lowest BCUT2D eigenvalue weighted by molar-refractivity contribution is -0.0372. The number of thiophene rings is 1. The molecule has 8 heteroatoms. The normalized spacial score (nSPS) is 17.9. The van der Waals surface area contributed by atoms with Gasteiger partial charge in [0.25, 0.3) is 0 Å². The van der Waals surface area contributed by atoms with Gasteiger partial charge in [-0.15, -0.1) is 11.3 Å². The van der Waals surface area contributed by atoms with E-state index in [0.29, 0.717) is 48.7 Å². The Labute approximate surface area is 167 Å². The molecule has 2 heterocycles. The van der Waals surface area contributed by atoms with Crippen LogP contribution in [0.2, 0.25) is 0 Å². The lowest BCUT2D eigenvalue weighted by Crippen LogP contribution is -2.46. The predicted molar refractivity (Wildman–Crippen MR) is 103 cm³/mol. The van der Waals surface area contributed by atoms with Crippen LogP contribution in [-0.4, -0.2) is 60.5 Å². The van der Waals surface area contributed by atoms with E-state index in [-0.39, 0.29) is 12.4 Å². The van der Waals surface area contributed by atoms with Crippen LogP contribution in [0.25, 0.3) is 0 Å². The minimum absolute atomic E-state index is 0.0550. The molecule has 2 aromatic rings. The smallest absolute Gasteiger partial charge is 0.351 e. The molecule has 0 bridgehead atoms. The number of likely N-dealkylation sites (tertiary alicyclic amines) is 1. The SMILES string of the molecule is COC(=O)c1sccc1OCC(O)CN1CCC(O)(c2ccc(F)cc2)CC1. The number of piperidine rings is 1. The topological polar surface area (TPSA) is 79.2 Å². The Bertz CT molecular complexity index is 786. The molecule has 1 aromatic carbocycles. The molecule has 1 aliphatic rings. The molecular weight excluding hydrogens is 385 g/mol. The molecule has 0 aliphatic carbocycles. The molecule has 152 valence electrons. The van der Waals surface area contributed by atoms with Crippen LogP contribution in [0, 0.1) is 5.82 Å². The number of ether oxygens (including phenoxy) is 2. The van der Waals surface area contributed by atoms with Gasteiger partial charge in [-0.25, -0.2) is 9.18 Å². The number of hydrogen-bond donors (Lipinski definition) is 2. The molecule has 0 radical (unpaired) electrons. The van der Waals surface area contributed by atoms with Crippen molar-refractivity contribution in [3.8, 4) is 5.75 Å². The van der Waals surface area contributed by atoms with Crippen LogP contribution in [0.3, 0.4) is 0 Å². The molecule has 1 unspecified atom stereocenters. The van der Waals surface area contributed by atoms with Crippen molar-refractivity contribution in [3.63, 3.8) is 0 Å². The summed E-state index contributed by atoms with van der Waals surface area (Å²) in [6, 6.07) is 7.62. The number of nitrogens with zero attached hydrogens (tertiary/aromatic N) is 1. The Hall–Kier alpha value is -2.00. The van der Waals surface area contributed by atoms with Gasteiger partial charge in [0, 0.05) is 19.6 Å². The van der Waals surface area contributed by atoms with Crippen LogP contribution in [0.4, 0.5) is 4.39 Å². The number of hydrogen-bond acceptors (Lipinski definition) is 7. The standard InChI is InChI=1S/C20H24FNO5S/c1-26-19(24)18-17(6-11-28-18)27-13-16(23)12-22-9-7-20(25,8-10-22)14-2-4-15(21)5-3-14/h2-6,11,16,23,25H,7-10,12-13H2,1H3. The number of esters is 1. The fourth-order valence-corrected chi connectivity index (χ4v) is 4.09. The zero-order valence-corrected chi connectivity index (χ0v) is 16.5. The first-order chi connectivity index (χ1) is 13.4. The number of rotatable bonds is 7. The highest BCUT2D eigenvalue weighted by Crippen LogP contribution is 2.33. The zero-order valence-electron chi connectivity index (χ0n) is 15.6. The summed E-state index contributed by atoms with van der Waals surface area (Å²) in [6.45, 7) is 1.67. The van der Waals surface area contributed by atoms with E-state index in [2.05, 4.69) is 4.90 Å². The number of halogens is 1. The molecule has 1 saturated heterocycles. The molecule has 1 aromatic heterocycles. The summed E-state index contributed by atoms with van der Waals surface area (Å²) < 4.78 is 23.4. The maximum Gasteiger partial charge on any atom is 0.351 e. The minimum Gasteiger partial charge on any atom is -0.489 e. The molecule has 3 rings (SSSR count). The van der Waals surface area contributed by atoms with Gasteiger partial charge in [0.15, 0.2) is 4.88 Å². The number of aliphatic hydroxyl groups is 2. The summed E-state index contributed by atoms with van der Waals surface area (Å²) in [5, 5.41) is 22.9. The van der Waals surface area contributed by atoms with E-state index in [4.69, 9.17) is 9.47 Å². The summed E-state index contributed by atoms with van der Waals surface area (Å²) in [5.41, 5.74) is -0.261. The molecule has 2 N–H and O–H groups in total. The van der Waals surface area contributed by atoms with Gasteiger partial charge in [-0.1, -0.05) is 12.1 Å². The van der Waals surface area contributed by atoms with Gasteiger partial charge in [-0.2, -0.15) is 0 Å². The van der Waals surface area contributed by atoms with Crippen LogP contribution >= 0.6 is 11.3 Å². The summed E-state index contributed by atoms with van der Waals surface area (Å²) in [7, 11) is 1.31. The maximum absolute atomic E-state index is 13.1. The largest absolute Gasteiger partial charge is 0.489 e. The van der Waals surface area contributed by atoms with Crippen LogP contribution in [0.5, 0.6) is 5.75 Å². The fourth-order valence-electron chi connectivity index (χ4n) is 3.34. The Morgan fingerprint density at radius 2 is 1.96 bits per heavy atom. The van der Waals surface area contributed by atoms with Crippen LogP contribution in [0.15, 0.2) is 35.7 Å². The van der Waals surface area contributed by atoms with Gasteiger partial charge in [0.1, 0.15) is 24.3 Å². The summed E-state index contributed by atoms with van der Waals surface area (Å²) in [4.78, 5) is 14.1. The quantitative estimate of drug-likeness (QED) is 0.684. The van der Waals surface area contributed by atoms with E-state index in [1.165, 1.54) is 30.6 Å². The summed E-state index contributed by atoms with van der Waals surface area (Å²) in [6.07, 6.45) is 0.273. The number of β-amino-alcohol motifs (C(OH)–C–C–N with tert-alkyl or cyclic N) is 1. The van der Waals surface area contributed by atoms with Crippen molar-refractivity contribution in [3.05, 3.63) is 52.0 Å². The molecule has 0 spiro atoms. The van der Waals surface area contributed by atoms with E-state index in [0.717, 1.165) is 0 Å². The Morgan fingerprint density at radius 1 is 1.29 bits per heavy atom. The molecule has 1 aliphatic heterocycles. The molecule has 6 nitrogen and oxygen atoms in total. The minimum atomic E-state index is -0.974. The number of carbonyl (C=O) groups excluding carboxylic acids is 1. The van der Waals surface area contributed by atoms with Crippen LogP contribution in [-0.2, 0) is 10.3 Å². The number of aliphatic hydroxyl groups excluding tert-OH is 1. The van der Waals surface area contributed by atoms with E-state index in [9.17, 15) is 19.4 Å². The third kappa shape index (κ3) is 4.88. The first kappa shape index (κ1) is 20.7. The fraction of sp³-hybridized carbons (Fsp3) is 0.450. The molecule has 28 heavy (non-hydrogen) atoms. The highest BCUT2D eigenvalue weighted by atomic mass is 32.1. The molecular formula is C20H24FNO5S. The van der Waals surface area contributed by atoms with E-state index in [1.54, 1.807) is 23.6 Å². The van der Waals surface area contributed by atoms with E-state index >= 15 is 0 Å². The van der Waals surface area contributed by atoms with Gasteiger partial charge in [0.05, 0.1) is 12.7 Å². The molecule has 0 saturated carbocycles. The second kappa shape index (κ2) is 9.00. The van der Waals surface area contributed by atoms with Crippen LogP contribution < -0.4 is 4.74 Å². The van der Waals surface area contributed by atoms with Crippen molar-refractivity contribution in [1.29, 1.82) is 0 Å². The Kier molecular flexibility index (Phi) is 6.66. The first-order valence-corrected chi connectivity index (χ1v) is 9.97. The molecule has 1 fully saturated rings. The zero-order chi connectivity index (χ0) is 20.1. The third-order valence-electron chi connectivity index (χ3n) is 4.96. The highest BCUT2D eigenvalue weighted by molar-refractivity contribution is 7.12. The van der Waals surface area contributed by atoms with Crippen molar-refractivity contribution in [1.82, 2.24) is 4.90 Å². The van der Waals surface area contributed by atoms with Crippen molar-refractivity contribution in [2.45, 2.75) is 24.5 Å². The van der Waals surface area contributed by atoms with Gasteiger partial charge in [-0.3, -0.25) is 0 Å². The van der Waals surface area contributed by atoms with Crippen molar-refractivity contribution in [2.75, 3.05) is 33.4 Å². The van der Waals surface area contributed by atoms with Crippen molar-refractivity contribution >= 4 is 17.3 Å². The van der Waals surface area contributed by atoms with Crippen LogP contribution in [0.1, 0.15) is 28.1 Å². The second-order valence-electron chi connectivity index (χ2n) is 6.91. The van der Waals surface area contributed by atoms with Gasteiger partial charge in [-0.05, 0) is 42.0 Å². The van der Waals surface area contributed by atoms with Gasteiger partial charge >= 0.3 is 5.97 Å². The first-order valence-electron chi connectivity index (χ1n) is 9.09. The lowest BCUT2D eigenvalue weighted by atomic mass is 9.84. The average Bonchev–Trinajstić information content (AvgIpc) is 3.17. The monoisotopic (exact) mass is 409 g/mol. The number of carbonyl (C=O) groups is 1. The summed E-state index contributed by atoms with van der Waals surface area (Å²) >= 11 is 1.23. The second-order valence-corrected chi connectivity index (χ2v) is 7.83. The molecule has 1 atom stereocenters. The van der Waals surface area contributed by atoms with E-state index < -0.39 is 17.7 Å². The Balaban J connectivity index is 1.47. The summed E-state index contributed by atoms with van der Waals surface area (Å²) in [5.74, 6) is -0.385. The van der Waals surface area contributed by atoms with Crippen molar-refractivity contribution < 1.29 is 28.9 Å². The van der Waals surface area contributed by atoms with Gasteiger partial charge in [0.2, 0.25) is 0 Å². The Morgan fingerprint density at radius 3 is 2.61 bits per heavy atom. The van der Waals surface area contributed by atoms with E-state index in [1.807, 2.05) is 0 Å². The van der Waals surface area contributed by atoms with Gasteiger partial charge < -0.3 is 24.6 Å². The maximum atomic E-state index is 13.1. The highest BCUT2D eigenvalue weighted by Gasteiger charge is 2.34. The third-order valence-corrected chi connectivity index (χ3v) is 5.84. The molecule has 0 amide bonds. The number of benzene rings is 1. The average molecular weight is 409 g/mol. The predicted octanol–water partition coefficient (Wildman–Crippen LogP) is 2.40.